The molecular weight excluding hydrogens is 214 g/mol. The quantitative estimate of drug-likeness (QED) is 0.529. The summed E-state index contributed by atoms with van der Waals surface area (Å²) in [5.41, 5.74) is 0. The summed E-state index contributed by atoms with van der Waals surface area (Å²) in [5, 5.41) is 0. The summed E-state index contributed by atoms with van der Waals surface area (Å²) < 4.78 is 0. The Kier molecular flexibility index (Phi) is 4.01. The largest absolute Gasteiger partial charge is 0.360 e. The molecule has 3 atom stereocenters. The number of hydrogen-bond donors (Lipinski definition) is 0. The van der Waals surface area contributed by atoms with Gasteiger partial charge in [-0.3, -0.25) is 0 Å². The summed E-state index contributed by atoms with van der Waals surface area (Å²) in [4.78, 5) is 3.67. The van der Waals surface area contributed by atoms with Crippen LogP contribution in [-0.2, 0) is 0 Å². The molecule has 2 aliphatic rings. The zero-order chi connectivity index (χ0) is 11.5. The number of nitrogens with zero attached hydrogens (tertiary/aromatic N) is 1. The Morgan fingerprint density at radius 1 is 1.31 bits per heavy atom. The number of hydrogen-bond acceptors (Lipinski definition) is 1. The molecule has 0 aromatic heterocycles. The van der Waals surface area contributed by atoms with Crippen LogP contribution in [0, 0.1) is 5.92 Å². The average Bonchev–Trinajstić information content (AvgIpc) is 2.29. The van der Waals surface area contributed by atoms with Crippen molar-refractivity contribution < 1.29 is 0 Å². The van der Waals surface area contributed by atoms with Crippen molar-refractivity contribution in [3.05, 3.63) is 12.7 Å². The van der Waals surface area contributed by atoms with Crippen LogP contribution in [0.3, 0.4) is 0 Å². The molecule has 0 aromatic carbocycles. The van der Waals surface area contributed by atoms with Gasteiger partial charge in [0, 0.05) is 18.5 Å². The van der Waals surface area contributed by atoms with Crippen LogP contribution in [0.1, 0.15) is 51.9 Å². The minimum Gasteiger partial charge on any atom is -0.360 e. The Balaban J connectivity index is 2.11. The highest BCUT2D eigenvalue weighted by atomic mass is 32.1. The van der Waals surface area contributed by atoms with Gasteiger partial charge in [0.2, 0.25) is 0 Å². The highest BCUT2D eigenvalue weighted by molar-refractivity contribution is 7.80. The summed E-state index contributed by atoms with van der Waals surface area (Å²) in [6.45, 7) is 6.14. The second-order valence-electron chi connectivity index (χ2n) is 5.33. The van der Waals surface area contributed by atoms with Crippen molar-refractivity contribution >= 4 is 17.2 Å². The van der Waals surface area contributed by atoms with Crippen LogP contribution in [0.25, 0.3) is 0 Å². The number of piperidine rings is 1. The molecule has 2 rings (SSSR count). The van der Waals surface area contributed by atoms with Gasteiger partial charge in [0.05, 0.1) is 4.99 Å². The second kappa shape index (κ2) is 5.31. The lowest BCUT2D eigenvalue weighted by Crippen LogP contribution is -2.53. The molecule has 2 fully saturated rings. The molecule has 0 aromatic rings. The third-order valence-electron chi connectivity index (χ3n) is 4.26. The molecule has 0 spiro atoms. The zero-order valence-electron chi connectivity index (χ0n) is 10.3. The molecule has 1 aliphatic heterocycles. The molecule has 0 N–H and O–H groups in total. The van der Waals surface area contributed by atoms with E-state index in [1.807, 2.05) is 6.08 Å². The van der Waals surface area contributed by atoms with Crippen molar-refractivity contribution in [1.82, 2.24) is 4.90 Å². The Hall–Kier alpha value is -0.370. The summed E-state index contributed by atoms with van der Waals surface area (Å²) in [6, 6.07) is 1.39. The van der Waals surface area contributed by atoms with E-state index in [-0.39, 0.29) is 0 Å². The maximum Gasteiger partial charge on any atom is 0.0822 e. The number of fused-ring (bicyclic) bond motifs is 1. The predicted molar refractivity (Wildman–Crippen MR) is 73.7 cm³/mol. The molecule has 1 saturated carbocycles. The minimum absolute atomic E-state index is 0.645. The van der Waals surface area contributed by atoms with E-state index >= 15 is 0 Å². The summed E-state index contributed by atoms with van der Waals surface area (Å²) in [6.07, 6.45) is 11.2. The van der Waals surface area contributed by atoms with Gasteiger partial charge in [0.15, 0.2) is 0 Å². The first-order chi connectivity index (χ1) is 7.74. The lowest BCUT2D eigenvalue weighted by Gasteiger charge is -2.49. The number of likely N-dealkylation sites (tertiary alicyclic amines) is 1. The molecule has 0 bridgehead atoms. The van der Waals surface area contributed by atoms with E-state index in [9.17, 15) is 0 Å². The van der Waals surface area contributed by atoms with Crippen molar-refractivity contribution in [2.75, 3.05) is 0 Å². The van der Waals surface area contributed by atoms with Gasteiger partial charge >= 0.3 is 0 Å². The number of rotatable bonds is 2. The first kappa shape index (κ1) is 12.1. The van der Waals surface area contributed by atoms with E-state index in [2.05, 4.69) is 18.4 Å². The molecule has 1 nitrogen and oxygen atoms in total. The van der Waals surface area contributed by atoms with E-state index < -0.39 is 0 Å². The van der Waals surface area contributed by atoms with E-state index in [1.165, 1.54) is 38.5 Å². The molecule has 16 heavy (non-hydrogen) atoms. The van der Waals surface area contributed by atoms with Crippen molar-refractivity contribution in [3.63, 3.8) is 0 Å². The summed E-state index contributed by atoms with van der Waals surface area (Å²) in [7, 11) is 0. The SMILES string of the molecule is C=CCC(=S)N1C(C)CCC2CCCCC21. The van der Waals surface area contributed by atoms with Crippen LogP contribution >= 0.6 is 12.2 Å². The maximum absolute atomic E-state index is 5.57. The topological polar surface area (TPSA) is 3.24 Å². The molecule has 0 amide bonds. The average molecular weight is 237 g/mol. The van der Waals surface area contributed by atoms with Gasteiger partial charge in [0.1, 0.15) is 0 Å². The van der Waals surface area contributed by atoms with E-state index in [0.29, 0.717) is 6.04 Å². The summed E-state index contributed by atoms with van der Waals surface area (Å²) >= 11 is 5.57. The van der Waals surface area contributed by atoms with Crippen molar-refractivity contribution in [1.29, 1.82) is 0 Å². The molecule has 1 aliphatic carbocycles. The standard InChI is InChI=1S/C14H23NS/c1-3-6-14(16)15-11(2)9-10-12-7-4-5-8-13(12)15/h3,11-13H,1,4-10H2,2H3. The van der Waals surface area contributed by atoms with E-state index in [0.717, 1.165) is 23.4 Å². The third-order valence-corrected chi connectivity index (χ3v) is 4.64. The Bertz CT molecular complexity index is 274. The predicted octanol–water partition coefficient (Wildman–Crippen LogP) is 3.93. The Morgan fingerprint density at radius 2 is 2.06 bits per heavy atom. The molecule has 2 heteroatoms. The van der Waals surface area contributed by atoms with Gasteiger partial charge in [-0.25, -0.2) is 0 Å². The minimum atomic E-state index is 0.645. The Labute approximate surface area is 105 Å². The maximum atomic E-state index is 5.57. The Morgan fingerprint density at radius 3 is 2.81 bits per heavy atom. The monoisotopic (exact) mass is 237 g/mol. The van der Waals surface area contributed by atoms with Gasteiger partial charge in [-0.05, 0) is 38.5 Å². The molecule has 0 radical (unpaired) electrons. The van der Waals surface area contributed by atoms with Gasteiger partial charge in [0.25, 0.3) is 0 Å². The highest BCUT2D eigenvalue weighted by Gasteiger charge is 2.37. The summed E-state index contributed by atoms with van der Waals surface area (Å²) in [5.74, 6) is 0.910. The molecule has 1 saturated heterocycles. The molecule has 90 valence electrons. The third kappa shape index (κ3) is 2.32. The molecule has 3 unspecified atom stereocenters. The fraction of sp³-hybridized carbons (Fsp3) is 0.786. The van der Waals surface area contributed by atoms with E-state index in [1.54, 1.807) is 0 Å². The fourth-order valence-corrected chi connectivity index (χ4v) is 3.91. The normalized spacial score (nSPS) is 34.3. The van der Waals surface area contributed by atoms with Gasteiger partial charge < -0.3 is 4.90 Å². The fourth-order valence-electron chi connectivity index (χ4n) is 3.47. The smallest absolute Gasteiger partial charge is 0.0822 e. The molecular formula is C14H23NS. The van der Waals surface area contributed by atoms with Gasteiger partial charge in [-0.2, -0.15) is 0 Å². The van der Waals surface area contributed by atoms with Gasteiger partial charge in [-0.15, -0.1) is 6.58 Å². The van der Waals surface area contributed by atoms with Crippen molar-refractivity contribution in [2.24, 2.45) is 5.92 Å². The second-order valence-corrected chi connectivity index (χ2v) is 5.80. The van der Waals surface area contributed by atoms with Crippen LogP contribution in [0.15, 0.2) is 12.7 Å². The van der Waals surface area contributed by atoms with Crippen LogP contribution in [0.5, 0.6) is 0 Å². The zero-order valence-corrected chi connectivity index (χ0v) is 11.1. The lowest BCUT2D eigenvalue weighted by atomic mass is 9.76. The van der Waals surface area contributed by atoms with Crippen LogP contribution in [-0.4, -0.2) is 22.0 Å². The first-order valence-corrected chi connectivity index (χ1v) is 7.07. The van der Waals surface area contributed by atoms with Crippen LogP contribution < -0.4 is 0 Å². The van der Waals surface area contributed by atoms with Gasteiger partial charge in [-0.1, -0.05) is 31.1 Å². The first-order valence-electron chi connectivity index (χ1n) is 6.66. The van der Waals surface area contributed by atoms with Crippen molar-refractivity contribution in [3.8, 4) is 0 Å². The lowest BCUT2D eigenvalue weighted by molar-refractivity contribution is 0.0820. The highest BCUT2D eigenvalue weighted by Crippen LogP contribution is 2.38. The molecule has 1 heterocycles. The van der Waals surface area contributed by atoms with Crippen LogP contribution in [0.2, 0.25) is 0 Å². The van der Waals surface area contributed by atoms with E-state index in [4.69, 9.17) is 12.2 Å². The van der Waals surface area contributed by atoms with Crippen molar-refractivity contribution in [2.45, 2.75) is 64.0 Å². The van der Waals surface area contributed by atoms with Crippen LogP contribution in [0.4, 0.5) is 0 Å². The number of thiocarbonyl (C=S) groups is 1.